The number of para-hydroxylation sites is 1. The molecule has 5 rings (SSSR count). The summed E-state index contributed by atoms with van der Waals surface area (Å²) in [5.74, 6) is 0.285. The molecule has 0 unspecified atom stereocenters. The van der Waals surface area contributed by atoms with Gasteiger partial charge in [0, 0.05) is 42.5 Å². The van der Waals surface area contributed by atoms with E-state index < -0.39 is 0 Å². The van der Waals surface area contributed by atoms with E-state index in [2.05, 4.69) is 10.4 Å². The minimum atomic E-state index is -0.363. The molecule has 4 aromatic rings. The normalized spacial score (nSPS) is 14.2. The summed E-state index contributed by atoms with van der Waals surface area (Å²) in [7, 11) is 3.39. The number of hydrogen-bond donors (Lipinski definition) is 1. The van der Waals surface area contributed by atoms with Crippen molar-refractivity contribution in [1.29, 1.82) is 0 Å². The molecule has 2 aromatic carbocycles. The number of methoxy groups -OCH3 is 1. The molecule has 37 heavy (non-hydrogen) atoms. The van der Waals surface area contributed by atoms with Gasteiger partial charge < -0.3 is 24.3 Å². The molecular formula is C27H29N5O5. The Bertz CT molecular complexity index is 1530. The SMILES string of the molecule is CCOC(=O)N1CCC(NC(=O)c2nn(-c3ccc(OC)cc3)c(=O)c3c2c2ccccc2n3C)CC1. The summed E-state index contributed by atoms with van der Waals surface area (Å²) in [6.07, 6.45) is 0.862. The van der Waals surface area contributed by atoms with Gasteiger partial charge in [-0.25, -0.2) is 4.79 Å². The average molecular weight is 504 g/mol. The maximum atomic E-state index is 13.7. The molecule has 0 aliphatic carbocycles. The summed E-state index contributed by atoms with van der Waals surface area (Å²) in [6.45, 7) is 3.09. The highest BCUT2D eigenvalue weighted by Gasteiger charge is 2.28. The zero-order valence-electron chi connectivity index (χ0n) is 21.1. The molecule has 192 valence electrons. The van der Waals surface area contributed by atoms with Crippen LogP contribution in [0.5, 0.6) is 5.75 Å². The topological polar surface area (TPSA) is 108 Å². The van der Waals surface area contributed by atoms with Crippen molar-refractivity contribution in [3.8, 4) is 11.4 Å². The van der Waals surface area contributed by atoms with E-state index in [1.54, 1.807) is 43.2 Å². The zero-order valence-corrected chi connectivity index (χ0v) is 21.1. The van der Waals surface area contributed by atoms with Gasteiger partial charge in [-0.1, -0.05) is 18.2 Å². The molecule has 1 aliphatic rings. The summed E-state index contributed by atoms with van der Waals surface area (Å²) >= 11 is 0. The predicted octanol–water partition coefficient (Wildman–Crippen LogP) is 3.24. The van der Waals surface area contributed by atoms with Crippen molar-refractivity contribution in [3.63, 3.8) is 0 Å². The second-order valence-electron chi connectivity index (χ2n) is 9.00. The van der Waals surface area contributed by atoms with Gasteiger partial charge in [-0.05, 0) is 50.1 Å². The first-order valence-corrected chi connectivity index (χ1v) is 12.3. The van der Waals surface area contributed by atoms with E-state index in [-0.39, 0.29) is 29.3 Å². The third-order valence-corrected chi connectivity index (χ3v) is 6.83. The second kappa shape index (κ2) is 9.96. The third kappa shape index (κ3) is 4.39. The molecule has 10 heteroatoms. The molecule has 10 nitrogen and oxygen atoms in total. The number of benzene rings is 2. The first kappa shape index (κ1) is 24.4. The van der Waals surface area contributed by atoms with E-state index >= 15 is 0 Å². The maximum absolute atomic E-state index is 13.7. The highest BCUT2D eigenvalue weighted by atomic mass is 16.6. The average Bonchev–Trinajstić information content (AvgIpc) is 3.22. The number of carbonyl (C=O) groups excluding carboxylic acids is 2. The minimum Gasteiger partial charge on any atom is -0.497 e. The van der Waals surface area contributed by atoms with E-state index in [0.717, 1.165) is 10.9 Å². The predicted molar refractivity (Wildman–Crippen MR) is 139 cm³/mol. The fourth-order valence-electron chi connectivity index (χ4n) is 4.91. The van der Waals surface area contributed by atoms with Crippen molar-refractivity contribution in [2.45, 2.75) is 25.8 Å². The maximum Gasteiger partial charge on any atom is 0.409 e. The number of ether oxygens (including phenoxy) is 2. The van der Waals surface area contributed by atoms with Gasteiger partial charge in [0.2, 0.25) is 0 Å². The highest BCUT2D eigenvalue weighted by molar-refractivity contribution is 6.16. The Morgan fingerprint density at radius 2 is 1.78 bits per heavy atom. The van der Waals surface area contributed by atoms with Crippen LogP contribution in [0.1, 0.15) is 30.3 Å². The highest BCUT2D eigenvalue weighted by Crippen LogP contribution is 2.29. The van der Waals surface area contributed by atoms with E-state index in [1.165, 1.54) is 4.68 Å². The number of aromatic nitrogens is 3. The van der Waals surface area contributed by atoms with Crippen LogP contribution < -0.4 is 15.6 Å². The van der Waals surface area contributed by atoms with Gasteiger partial charge in [0.05, 0.1) is 19.4 Å². The van der Waals surface area contributed by atoms with Gasteiger partial charge >= 0.3 is 6.09 Å². The molecule has 0 radical (unpaired) electrons. The largest absolute Gasteiger partial charge is 0.497 e. The van der Waals surface area contributed by atoms with Gasteiger partial charge in [-0.2, -0.15) is 9.78 Å². The lowest BCUT2D eigenvalue weighted by Gasteiger charge is -2.31. The number of fused-ring (bicyclic) bond motifs is 3. The Kier molecular flexibility index (Phi) is 6.56. The van der Waals surface area contributed by atoms with Crippen LogP contribution in [0, 0.1) is 0 Å². The van der Waals surface area contributed by atoms with Gasteiger partial charge in [0.15, 0.2) is 5.69 Å². The van der Waals surface area contributed by atoms with E-state index in [9.17, 15) is 14.4 Å². The number of aryl methyl sites for hydroxylation is 1. The van der Waals surface area contributed by atoms with Crippen molar-refractivity contribution in [2.75, 3.05) is 26.8 Å². The Morgan fingerprint density at radius 1 is 1.08 bits per heavy atom. The third-order valence-electron chi connectivity index (χ3n) is 6.83. The van der Waals surface area contributed by atoms with Crippen LogP contribution in [-0.4, -0.2) is 64.1 Å². The van der Waals surface area contributed by atoms with Gasteiger partial charge in [-0.3, -0.25) is 9.59 Å². The minimum absolute atomic E-state index is 0.133. The fourth-order valence-corrected chi connectivity index (χ4v) is 4.91. The van der Waals surface area contributed by atoms with Crippen LogP contribution in [0.25, 0.3) is 27.5 Å². The van der Waals surface area contributed by atoms with E-state index in [1.807, 2.05) is 35.9 Å². The van der Waals surface area contributed by atoms with Gasteiger partial charge in [0.25, 0.3) is 11.5 Å². The molecule has 0 bridgehead atoms. The van der Waals surface area contributed by atoms with Crippen LogP contribution in [0.2, 0.25) is 0 Å². The number of nitrogens with one attached hydrogen (secondary N) is 1. The van der Waals surface area contributed by atoms with Crippen molar-refractivity contribution < 1.29 is 19.1 Å². The van der Waals surface area contributed by atoms with E-state index in [0.29, 0.717) is 54.9 Å². The monoisotopic (exact) mass is 503 g/mol. The van der Waals surface area contributed by atoms with Crippen LogP contribution in [-0.2, 0) is 11.8 Å². The smallest absolute Gasteiger partial charge is 0.409 e. The van der Waals surface area contributed by atoms with Crippen LogP contribution in [0.3, 0.4) is 0 Å². The number of hydrogen-bond acceptors (Lipinski definition) is 6. The lowest BCUT2D eigenvalue weighted by molar-refractivity contribution is 0.0857. The number of rotatable bonds is 5. The Balaban J connectivity index is 1.55. The summed E-state index contributed by atoms with van der Waals surface area (Å²) < 4.78 is 13.4. The molecular weight excluding hydrogens is 474 g/mol. The molecule has 0 saturated carbocycles. The van der Waals surface area contributed by atoms with Crippen LogP contribution >= 0.6 is 0 Å². The van der Waals surface area contributed by atoms with Crippen LogP contribution in [0.15, 0.2) is 53.3 Å². The molecule has 1 saturated heterocycles. The summed E-state index contributed by atoms with van der Waals surface area (Å²) in [6, 6.07) is 14.4. The van der Waals surface area contributed by atoms with Crippen molar-refractivity contribution in [3.05, 3.63) is 64.6 Å². The Hall–Kier alpha value is -4.34. The lowest BCUT2D eigenvalue weighted by Crippen LogP contribution is -2.47. The number of amides is 2. The van der Waals surface area contributed by atoms with E-state index in [4.69, 9.17) is 9.47 Å². The summed E-state index contributed by atoms with van der Waals surface area (Å²) in [5, 5.41) is 8.97. The lowest BCUT2D eigenvalue weighted by atomic mass is 10.0. The molecule has 3 heterocycles. The fraction of sp³-hybridized carbons (Fsp3) is 0.333. The number of carbonyl (C=O) groups is 2. The zero-order chi connectivity index (χ0) is 26.1. The quantitative estimate of drug-likeness (QED) is 0.448. The summed E-state index contributed by atoms with van der Waals surface area (Å²) in [4.78, 5) is 41.0. The van der Waals surface area contributed by atoms with Gasteiger partial charge in [-0.15, -0.1) is 0 Å². The van der Waals surface area contributed by atoms with Crippen LogP contribution in [0.4, 0.5) is 4.79 Å². The first-order chi connectivity index (χ1) is 17.9. The Labute approximate surface area is 213 Å². The first-order valence-electron chi connectivity index (χ1n) is 12.3. The number of piperidine rings is 1. The molecule has 1 aliphatic heterocycles. The number of likely N-dealkylation sites (tertiary alicyclic amines) is 1. The Morgan fingerprint density at radius 3 is 2.46 bits per heavy atom. The molecule has 0 spiro atoms. The van der Waals surface area contributed by atoms with Crippen molar-refractivity contribution in [2.24, 2.45) is 7.05 Å². The summed E-state index contributed by atoms with van der Waals surface area (Å²) in [5.41, 5.74) is 1.61. The van der Waals surface area contributed by atoms with Crippen molar-refractivity contribution in [1.82, 2.24) is 24.6 Å². The molecule has 1 fully saturated rings. The molecule has 2 aromatic heterocycles. The van der Waals surface area contributed by atoms with Gasteiger partial charge in [0.1, 0.15) is 11.3 Å². The molecule has 1 N–H and O–H groups in total. The molecule has 2 amide bonds. The second-order valence-corrected chi connectivity index (χ2v) is 9.00. The standard InChI is InChI=1S/C27H29N5O5/c1-4-37-27(35)31-15-13-17(14-16-31)28-25(33)23-22-20-7-5-6-8-21(20)30(2)24(22)26(34)32(29-23)18-9-11-19(36-3)12-10-18/h5-12,17H,4,13-16H2,1-3H3,(H,28,33). The molecule has 0 atom stereocenters. The number of nitrogens with zero attached hydrogens (tertiary/aromatic N) is 4. The van der Waals surface area contributed by atoms with Crippen molar-refractivity contribution >= 4 is 33.8 Å².